The number of morpholine rings is 1. The molecule has 0 aromatic carbocycles. The number of amides is 1. The Morgan fingerprint density at radius 2 is 1.90 bits per heavy atom. The van der Waals surface area contributed by atoms with E-state index >= 15 is 0 Å². The molecule has 0 N–H and O–H groups in total. The molecule has 4 rings (SSSR count). The summed E-state index contributed by atoms with van der Waals surface area (Å²) in [5.74, 6) is 0.648. The van der Waals surface area contributed by atoms with Crippen molar-refractivity contribution in [1.29, 1.82) is 0 Å². The molecule has 154 valence electrons. The van der Waals surface area contributed by atoms with Crippen LogP contribution in [0, 0.1) is 0 Å². The maximum atomic E-state index is 12.9. The van der Waals surface area contributed by atoms with Crippen LogP contribution in [0.5, 0.6) is 0 Å². The van der Waals surface area contributed by atoms with Crippen LogP contribution in [0.2, 0.25) is 0 Å². The Bertz CT molecular complexity index is 897. The van der Waals surface area contributed by atoms with Crippen molar-refractivity contribution in [2.24, 2.45) is 0 Å². The van der Waals surface area contributed by atoms with Crippen LogP contribution in [0.3, 0.4) is 0 Å². The molecule has 0 saturated carbocycles. The van der Waals surface area contributed by atoms with Gasteiger partial charge in [-0.1, -0.05) is 15.9 Å². The quantitative estimate of drug-likeness (QED) is 0.632. The summed E-state index contributed by atoms with van der Waals surface area (Å²) in [6.45, 7) is 8.76. The van der Waals surface area contributed by atoms with Crippen LogP contribution in [-0.2, 0) is 9.47 Å². The first-order valence-corrected chi connectivity index (χ1v) is 10.5. The maximum Gasteiger partial charge on any atom is 0.414 e. The fourth-order valence-electron chi connectivity index (χ4n) is 3.38. The number of carbonyl (C=O) groups excluding carboxylic acids is 1. The molecule has 4 heterocycles. The molecule has 0 radical (unpaired) electrons. The molecule has 2 aromatic heterocycles. The molecule has 1 fully saturated rings. The molecule has 9 heteroatoms. The topological polar surface area (TPSA) is 80.7 Å². The molecule has 2 aliphatic heterocycles. The van der Waals surface area contributed by atoms with Crippen LogP contribution < -0.4 is 9.80 Å². The van der Waals surface area contributed by atoms with Crippen molar-refractivity contribution in [2.45, 2.75) is 31.2 Å². The summed E-state index contributed by atoms with van der Waals surface area (Å²) in [6.07, 6.45) is 3.03. The van der Waals surface area contributed by atoms with Gasteiger partial charge in [0.25, 0.3) is 0 Å². The number of hydrogen-bond acceptors (Lipinski definition) is 7. The first-order valence-electron chi connectivity index (χ1n) is 9.63. The van der Waals surface area contributed by atoms with E-state index in [-0.39, 0.29) is 4.83 Å². The molecular weight excluding hydrogens is 438 g/mol. The molecule has 1 saturated heterocycles. The Morgan fingerprint density at radius 3 is 2.55 bits per heavy atom. The highest BCUT2D eigenvalue weighted by Crippen LogP contribution is 2.45. The summed E-state index contributed by atoms with van der Waals surface area (Å²) in [5.41, 5.74) is 2.46. The van der Waals surface area contributed by atoms with E-state index in [9.17, 15) is 4.79 Å². The van der Waals surface area contributed by atoms with E-state index in [4.69, 9.17) is 19.4 Å². The molecule has 2 aromatic rings. The fraction of sp³-hybridized carbons (Fsp3) is 0.500. The largest absolute Gasteiger partial charge is 0.443 e. The Hall–Kier alpha value is -2.26. The molecule has 0 bridgehead atoms. The number of pyridine rings is 1. The van der Waals surface area contributed by atoms with E-state index in [2.05, 4.69) is 25.8 Å². The Kier molecular flexibility index (Phi) is 5.44. The average molecular weight is 462 g/mol. The van der Waals surface area contributed by atoms with Gasteiger partial charge < -0.3 is 14.4 Å². The highest BCUT2D eigenvalue weighted by atomic mass is 79.9. The summed E-state index contributed by atoms with van der Waals surface area (Å²) >= 11 is 3.70. The van der Waals surface area contributed by atoms with Gasteiger partial charge >= 0.3 is 6.09 Å². The van der Waals surface area contributed by atoms with Gasteiger partial charge in [0.1, 0.15) is 11.3 Å². The number of halogens is 1. The standard InChI is InChI=1S/C20H24BrN5O3/c1-20(2,3)29-19(27)26-12-14(21)16-17(26)15(13-4-6-22-7-5-13)23-18(24-16)25-8-10-28-11-9-25/h4-7,14H,8-12H2,1-3H3. The lowest BCUT2D eigenvalue weighted by Crippen LogP contribution is -2.38. The van der Waals surface area contributed by atoms with Crippen molar-refractivity contribution in [2.75, 3.05) is 42.6 Å². The second kappa shape index (κ2) is 7.87. The summed E-state index contributed by atoms with van der Waals surface area (Å²) in [4.78, 5) is 30.4. The first kappa shape index (κ1) is 20.0. The Morgan fingerprint density at radius 1 is 1.21 bits per heavy atom. The van der Waals surface area contributed by atoms with Crippen molar-refractivity contribution >= 4 is 33.7 Å². The minimum Gasteiger partial charge on any atom is -0.443 e. The van der Waals surface area contributed by atoms with Gasteiger partial charge in [0.05, 0.1) is 29.4 Å². The third kappa shape index (κ3) is 4.20. The van der Waals surface area contributed by atoms with Crippen LogP contribution in [0.4, 0.5) is 16.4 Å². The van der Waals surface area contributed by atoms with Crippen molar-refractivity contribution < 1.29 is 14.3 Å². The predicted octanol–water partition coefficient (Wildman–Crippen LogP) is 3.57. The van der Waals surface area contributed by atoms with Gasteiger partial charge in [0.2, 0.25) is 5.95 Å². The number of alkyl halides is 1. The smallest absolute Gasteiger partial charge is 0.414 e. The van der Waals surface area contributed by atoms with Gasteiger partial charge in [-0.3, -0.25) is 9.88 Å². The van der Waals surface area contributed by atoms with Crippen LogP contribution >= 0.6 is 15.9 Å². The molecule has 0 aliphatic carbocycles. The van der Waals surface area contributed by atoms with Crippen molar-refractivity contribution in [3.05, 3.63) is 30.2 Å². The van der Waals surface area contributed by atoms with Gasteiger partial charge in [0.15, 0.2) is 0 Å². The summed E-state index contributed by atoms with van der Waals surface area (Å²) in [7, 11) is 0. The van der Waals surface area contributed by atoms with Crippen molar-refractivity contribution in [3.8, 4) is 11.3 Å². The SMILES string of the molecule is CC(C)(C)OC(=O)N1CC(Br)c2nc(N3CCOCC3)nc(-c3ccncc3)c21. The number of hydrogen-bond donors (Lipinski definition) is 0. The zero-order valence-corrected chi connectivity index (χ0v) is 18.3. The van der Waals surface area contributed by atoms with Gasteiger partial charge in [0, 0.05) is 37.6 Å². The van der Waals surface area contributed by atoms with Gasteiger partial charge in [-0.05, 0) is 32.9 Å². The number of ether oxygens (including phenoxy) is 2. The van der Waals surface area contributed by atoms with Crippen LogP contribution in [0.1, 0.15) is 31.3 Å². The summed E-state index contributed by atoms with van der Waals surface area (Å²) in [5, 5.41) is 0. The summed E-state index contributed by atoms with van der Waals surface area (Å²) < 4.78 is 11.1. The van der Waals surface area contributed by atoms with Crippen LogP contribution in [0.25, 0.3) is 11.3 Å². The zero-order valence-electron chi connectivity index (χ0n) is 16.8. The van der Waals surface area contributed by atoms with Gasteiger partial charge in [-0.2, -0.15) is 0 Å². The minimum absolute atomic E-state index is 0.103. The number of nitrogens with zero attached hydrogens (tertiary/aromatic N) is 5. The normalized spacial score (nSPS) is 19.2. The van der Waals surface area contributed by atoms with E-state index < -0.39 is 11.7 Å². The number of rotatable bonds is 2. The molecule has 1 unspecified atom stereocenters. The highest BCUT2D eigenvalue weighted by molar-refractivity contribution is 9.09. The second-order valence-electron chi connectivity index (χ2n) is 8.00. The number of anilines is 2. The highest BCUT2D eigenvalue weighted by Gasteiger charge is 2.39. The van der Waals surface area contributed by atoms with Crippen molar-refractivity contribution in [1.82, 2.24) is 15.0 Å². The molecule has 1 amide bonds. The first-order chi connectivity index (χ1) is 13.8. The molecule has 8 nitrogen and oxygen atoms in total. The van der Waals surface area contributed by atoms with E-state index in [0.717, 1.165) is 24.3 Å². The van der Waals surface area contributed by atoms with Crippen LogP contribution in [-0.4, -0.2) is 59.5 Å². The second-order valence-corrected chi connectivity index (χ2v) is 9.11. The van der Waals surface area contributed by atoms with E-state index in [0.29, 0.717) is 37.1 Å². The average Bonchev–Trinajstić information content (AvgIpc) is 3.04. The lowest BCUT2D eigenvalue weighted by atomic mass is 10.1. The molecule has 1 atom stereocenters. The Labute approximate surface area is 178 Å². The van der Waals surface area contributed by atoms with Crippen molar-refractivity contribution in [3.63, 3.8) is 0 Å². The molecular formula is C20H24BrN5O3. The maximum absolute atomic E-state index is 12.9. The monoisotopic (exact) mass is 461 g/mol. The predicted molar refractivity (Wildman–Crippen MR) is 114 cm³/mol. The lowest BCUT2D eigenvalue weighted by molar-refractivity contribution is 0.0584. The zero-order chi connectivity index (χ0) is 20.6. The number of aromatic nitrogens is 3. The molecule has 29 heavy (non-hydrogen) atoms. The third-order valence-electron chi connectivity index (χ3n) is 4.67. The molecule has 2 aliphatic rings. The number of carbonyl (C=O) groups is 1. The third-order valence-corrected chi connectivity index (χ3v) is 5.39. The minimum atomic E-state index is -0.590. The van der Waals surface area contributed by atoms with Gasteiger partial charge in [-0.25, -0.2) is 14.8 Å². The fourth-order valence-corrected chi connectivity index (χ4v) is 3.99. The lowest BCUT2D eigenvalue weighted by Gasteiger charge is -2.28. The summed E-state index contributed by atoms with van der Waals surface area (Å²) in [6, 6.07) is 3.78. The van der Waals surface area contributed by atoms with E-state index in [1.54, 1.807) is 17.3 Å². The van der Waals surface area contributed by atoms with Crippen LogP contribution in [0.15, 0.2) is 24.5 Å². The Balaban J connectivity index is 1.82. The molecule has 0 spiro atoms. The van der Waals surface area contributed by atoms with E-state index in [1.807, 2.05) is 32.9 Å². The van der Waals surface area contributed by atoms with Gasteiger partial charge in [-0.15, -0.1) is 0 Å². The van der Waals surface area contributed by atoms with E-state index in [1.165, 1.54) is 0 Å². The number of fused-ring (bicyclic) bond motifs is 1.